The van der Waals surface area contributed by atoms with E-state index in [1.165, 1.54) is 16.9 Å². The van der Waals surface area contributed by atoms with Crippen molar-refractivity contribution < 1.29 is 33.4 Å². The van der Waals surface area contributed by atoms with Crippen molar-refractivity contribution in [1.29, 1.82) is 0 Å². The second-order valence-corrected chi connectivity index (χ2v) is 11.4. The van der Waals surface area contributed by atoms with Gasteiger partial charge in [0.2, 0.25) is 11.8 Å². The number of amides is 4. The maximum atomic E-state index is 13.5. The summed E-state index contributed by atoms with van der Waals surface area (Å²) in [4.78, 5) is 66.5. The average molecular weight is 585 g/mol. The van der Waals surface area contributed by atoms with Crippen LogP contribution in [0.1, 0.15) is 41.5 Å². The first-order valence-electron chi connectivity index (χ1n) is 12.1. The number of nitrogens with one attached hydrogen (secondary N) is 2. The van der Waals surface area contributed by atoms with E-state index in [1.807, 2.05) is 13.0 Å². The van der Waals surface area contributed by atoms with E-state index in [1.54, 1.807) is 46.8 Å². The van der Waals surface area contributed by atoms with Crippen LogP contribution in [-0.2, 0) is 23.9 Å². The Labute approximate surface area is 226 Å². The van der Waals surface area contributed by atoms with Gasteiger partial charge in [-0.05, 0) is 32.6 Å². The number of methoxy groups -OCH3 is 1. The van der Waals surface area contributed by atoms with Crippen LogP contribution in [0.2, 0.25) is 0 Å². The molecule has 1 aliphatic heterocycles. The second-order valence-electron chi connectivity index (χ2n) is 10.5. The Kier molecular flexibility index (Phi) is 10.3. The van der Waals surface area contributed by atoms with Crippen molar-refractivity contribution in [2.24, 2.45) is 17.8 Å². The van der Waals surface area contributed by atoms with Gasteiger partial charge in [-0.25, -0.2) is 9.59 Å². The Balaban J connectivity index is 2.21. The summed E-state index contributed by atoms with van der Waals surface area (Å²) in [6.07, 6.45) is 4.01. The van der Waals surface area contributed by atoms with Crippen LogP contribution in [0.25, 0.3) is 0 Å². The zero-order chi connectivity index (χ0) is 28.1. The molecule has 0 aromatic heterocycles. The van der Waals surface area contributed by atoms with Gasteiger partial charge in [-0.15, -0.1) is 0 Å². The molecule has 206 valence electrons. The van der Waals surface area contributed by atoms with Crippen molar-refractivity contribution >= 4 is 45.7 Å². The Morgan fingerprint density at radius 3 is 2.38 bits per heavy atom. The van der Waals surface area contributed by atoms with Crippen molar-refractivity contribution in [3.8, 4) is 0 Å². The van der Waals surface area contributed by atoms with Crippen molar-refractivity contribution in [1.82, 2.24) is 20.4 Å². The molecule has 2 aliphatic rings. The summed E-state index contributed by atoms with van der Waals surface area (Å²) < 4.78 is 10.9. The van der Waals surface area contributed by atoms with Gasteiger partial charge < -0.3 is 25.0 Å². The van der Waals surface area contributed by atoms with Gasteiger partial charge in [-0.1, -0.05) is 54.9 Å². The molecule has 37 heavy (non-hydrogen) atoms. The van der Waals surface area contributed by atoms with Crippen LogP contribution in [0.4, 0.5) is 9.59 Å². The van der Waals surface area contributed by atoms with Crippen molar-refractivity contribution in [3.05, 3.63) is 22.7 Å². The molecule has 0 aromatic rings. The number of Topliss-reactive ketones (excluding diaryl/α,β-unsaturated/α-hetero) is 1. The van der Waals surface area contributed by atoms with Crippen LogP contribution in [0.3, 0.4) is 0 Å². The lowest BCUT2D eigenvalue weighted by molar-refractivity contribution is -0.141. The van der Waals surface area contributed by atoms with Gasteiger partial charge in [0, 0.05) is 10.4 Å². The summed E-state index contributed by atoms with van der Waals surface area (Å²) in [5, 5.41) is 5.12. The lowest BCUT2D eigenvalue weighted by atomic mass is 9.86. The highest BCUT2D eigenvalue weighted by Crippen LogP contribution is 2.26. The quantitative estimate of drug-likeness (QED) is 0.469. The molecule has 2 N–H and O–H groups in total. The first kappa shape index (κ1) is 30.3. The molecule has 4 atom stereocenters. The maximum Gasteiger partial charge on any atom is 0.411 e. The Morgan fingerprint density at radius 2 is 1.84 bits per heavy atom. The minimum atomic E-state index is -1.08. The van der Waals surface area contributed by atoms with Crippen LogP contribution in [-0.4, -0.2) is 84.1 Å². The third-order valence-electron chi connectivity index (χ3n) is 5.98. The fourth-order valence-electron chi connectivity index (χ4n) is 4.02. The zero-order valence-electron chi connectivity index (χ0n) is 22.4. The number of allylic oxidation sites excluding steroid dienone is 4. The third-order valence-corrected chi connectivity index (χ3v) is 6.51. The molecule has 1 heterocycles. The predicted octanol–water partition coefficient (Wildman–Crippen LogP) is 2.56. The lowest BCUT2D eigenvalue weighted by Crippen LogP contribution is -2.56. The van der Waals surface area contributed by atoms with Gasteiger partial charge in [0.15, 0.2) is 5.78 Å². The van der Waals surface area contributed by atoms with Gasteiger partial charge >= 0.3 is 12.2 Å². The van der Waals surface area contributed by atoms with Gasteiger partial charge in [0.1, 0.15) is 24.4 Å². The summed E-state index contributed by atoms with van der Waals surface area (Å²) in [7, 11) is 1.18. The van der Waals surface area contributed by atoms with Crippen LogP contribution >= 0.6 is 15.9 Å². The number of carbonyl (C=O) groups excluding carboxylic acids is 5. The topological polar surface area (TPSA) is 134 Å². The summed E-state index contributed by atoms with van der Waals surface area (Å²) in [5.74, 6) is -2.10. The average Bonchev–Trinajstić information content (AvgIpc) is 3.24. The number of nitrogens with zero attached hydrogens (tertiary/aromatic N) is 2. The molecule has 0 radical (unpaired) electrons. The molecule has 2 rings (SSSR count). The van der Waals surface area contributed by atoms with E-state index in [-0.39, 0.29) is 37.4 Å². The molecule has 1 aliphatic carbocycles. The van der Waals surface area contributed by atoms with Crippen LogP contribution in [0.15, 0.2) is 22.7 Å². The molecule has 0 saturated carbocycles. The molecule has 1 saturated heterocycles. The van der Waals surface area contributed by atoms with Crippen molar-refractivity contribution in [3.63, 3.8) is 0 Å². The molecule has 0 aromatic carbocycles. The fraction of sp³-hybridized carbons (Fsp3) is 0.640. The summed E-state index contributed by atoms with van der Waals surface area (Å²) in [5.41, 5.74) is -0.779. The summed E-state index contributed by atoms with van der Waals surface area (Å²) in [6, 6.07) is -2.08. The number of carbonyl (C=O) groups is 5. The van der Waals surface area contributed by atoms with Gasteiger partial charge in [-0.3, -0.25) is 19.3 Å². The molecule has 2 unspecified atom stereocenters. The first-order valence-corrected chi connectivity index (χ1v) is 12.9. The smallest absolute Gasteiger partial charge is 0.411 e. The van der Waals surface area contributed by atoms with Gasteiger partial charge in [-0.2, -0.15) is 0 Å². The highest BCUT2D eigenvalue weighted by molar-refractivity contribution is 9.11. The molecule has 4 amide bonds. The molecule has 1 fully saturated rings. The largest absolute Gasteiger partial charge is 0.453 e. The number of halogens is 1. The number of ether oxygens (including phenoxy) is 2. The standard InChI is InChI=1S/C25H37BrN4O7/c1-14(2)20(28-23(34)36-7)22(33)30-13-29(24(35)37-25(4,5)6)12-18(30)21(32)27-11-19(31)17-9-8-16(26)10-15(17)3/h8-10,14-15,17-18,20H,11-13H2,1-7H3,(H,27,32)(H,28,34)/t15?,17?,18-,20-/m0/s1. The van der Waals surface area contributed by atoms with Gasteiger partial charge in [0.05, 0.1) is 20.2 Å². The number of hydrogen-bond acceptors (Lipinski definition) is 7. The number of ketones is 1. The monoisotopic (exact) mass is 584 g/mol. The summed E-state index contributed by atoms with van der Waals surface area (Å²) in [6.45, 7) is 9.94. The molecule has 12 heteroatoms. The van der Waals surface area contributed by atoms with Crippen molar-refractivity contribution in [2.75, 3.05) is 26.9 Å². The van der Waals surface area contributed by atoms with E-state index in [2.05, 4.69) is 31.3 Å². The first-order chi connectivity index (χ1) is 17.1. The van der Waals surface area contributed by atoms with E-state index in [0.29, 0.717) is 0 Å². The summed E-state index contributed by atoms with van der Waals surface area (Å²) >= 11 is 3.39. The third kappa shape index (κ3) is 8.31. The van der Waals surface area contributed by atoms with Crippen molar-refractivity contribution in [2.45, 2.75) is 59.2 Å². The molecule has 0 spiro atoms. The van der Waals surface area contributed by atoms with Crippen LogP contribution in [0, 0.1) is 17.8 Å². The van der Waals surface area contributed by atoms with E-state index in [9.17, 15) is 24.0 Å². The van der Waals surface area contributed by atoms with Gasteiger partial charge in [0.25, 0.3) is 0 Å². The van der Waals surface area contributed by atoms with E-state index >= 15 is 0 Å². The number of alkyl carbamates (subject to hydrolysis) is 1. The second kappa shape index (κ2) is 12.6. The van der Waals surface area contributed by atoms with E-state index in [0.717, 1.165) is 4.48 Å². The minimum Gasteiger partial charge on any atom is -0.453 e. The highest BCUT2D eigenvalue weighted by atomic mass is 79.9. The fourth-order valence-corrected chi connectivity index (χ4v) is 4.59. The van der Waals surface area contributed by atoms with Crippen LogP contribution in [0.5, 0.6) is 0 Å². The highest BCUT2D eigenvalue weighted by Gasteiger charge is 2.44. The molecule has 11 nitrogen and oxygen atoms in total. The minimum absolute atomic E-state index is 0.0489. The van der Waals surface area contributed by atoms with Crippen LogP contribution < -0.4 is 10.6 Å². The molecule has 0 bridgehead atoms. The normalized spacial score (nSPS) is 22.3. The number of rotatable bonds is 7. The SMILES string of the molecule is COC(=O)N[C@H](C(=O)N1CN(C(=O)OC(C)(C)C)C[C@H]1C(=O)NCC(=O)C1C=CC(Br)=CC1C)C(C)C. The van der Waals surface area contributed by atoms with E-state index < -0.39 is 47.6 Å². The Morgan fingerprint density at radius 1 is 1.19 bits per heavy atom. The molecular formula is C25H37BrN4O7. The Bertz CT molecular complexity index is 973. The Hall–Kier alpha value is -2.89. The zero-order valence-corrected chi connectivity index (χ0v) is 24.0. The van der Waals surface area contributed by atoms with E-state index in [4.69, 9.17) is 4.74 Å². The number of hydrogen-bond donors (Lipinski definition) is 2. The lowest BCUT2D eigenvalue weighted by Gasteiger charge is -2.29. The predicted molar refractivity (Wildman–Crippen MR) is 139 cm³/mol. The maximum absolute atomic E-state index is 13.5. The molecular weight excluding hydrogens is 548 g/mol.